The smallest absolute Gasteiger partial charge is 0.0519 e. The number of aryl methyl sites for hydroxylation is 1. The highest BCUT2D eigenvalue weighted by atomic mass is 16.3. The number of rotatable bonds is 7. The van der Waals surface area contributed by atoms with Crippen LogP contribution in [-0.2, 0) is 6.42 Å². The van der Waals surface area contributed by atoms with Gasteiger partial charge in [-0.15, -0.1) is 0 Å². The van der Waals surface area contributed by atoms with Crippen LogP contribution in [0.25, 0.3) is 0 Å². The number of hydrogen-bond donors (Lipinski definition) is 2. The second kappa shape index (κ2) is 6.88. The Balaban J connectivity index is 2.41. The summed E-state index contributed by atoms with van der Waals surface area (Å²) in [5.74, 6) is 0. The van der Waals surface area contributed by atoms with Crippen LogP contribution in [0.5, 0.6) is 0 Å². The lowest BCUT2D eigenvalue weighted by Gasteiger charge is -2.30. The Hall–Kier alpha value is -0.900. The third-order valence-electron chi connectivity index (χ3n) is 3.32. The van der Waals surface area contributed by atoms with Gasteiger partial charge in [0.15, 0.2) is 0 Å². The maximum absolute atomic E-state index is 9.26. The van der Waals surface area contributed by atoms with Crippen molar-refractivity contribution >= 4 is 0 Å². The van der Waals surface area contributed by atoms with E-state index in [4.69, 9.17) is 0 Å². The predicted octanol–water partition coefficient (Wildman–Crippen LogP) is 1.46. The van der Waals surface area contributed by atoms with E-state index in [1.165, 1.54) is 11.1 Å². The monoisotopic (exact) mass is 251 g/mol. The molecule has 18 heavy (non-hydrogen) atoms. The Morgan fingerprint density at radius 2 is 1.67 bits per heavy atom. The lowest BCUT2D eigenvalue weighted by Crippen LogP contribution is -2.39. The Morgan fingerprint density at radius 3 is 2.17 bits per heavy atom. The summed E-state index contributed by atoms with van der Waals surface area (Å²) in [6.45, 7) is 5.64. The number of nitrogens with zero attached hydrogens (tertiary/aromatic N) is 1. The van der Waals surface area contributed by atoms with E-state index in [0.717, 1.165) is 13.0 Å². The fraction of sp³-hybridized carbons (Fsp3) is 0.600. The number of likely N-dealkylation sites (N-methyl/N-ethyl adjacent to an activating group) is 1. The summed E-state index contributed by atoms with van der Waals surface area (Å²) < 4.78 is 0. The average molecular weight is 251 g/mol. The van der Waals surface area contributed by atoms with Gasteiger partial charge in [0.25, 0.3) is 0 Å². The molecule has 0 unspecified atom stereocenters. The molecule has 0 fully saturated rings. The molecule has 0 radical (unpaired) electrons. The molecule has 0 aromatic heterocycles. The molecule has 0 amide bonds. The van der Waals surface area contributed by atoms with Crippen LogP contribution in [0.4, 0.5) is 0 Å². The van der Waals surface area contributed by atoms with E-state index in [2.05, 4.69) is 36.1 Å². The van der Waals surface area contributed by atoms with Crippen LogP contribution in [0.15, 0.2) is 24.3 Å². The molecule has 1 rings (SSSR count). The van der Waals surface area contributed by atoms with E-state index in [1.54, 1.807) is 0 Å². The molecule has 0 aliphatic heterocycles. The number of benzene rings is 1. The Morgan fingerprint density at radius 1 is 1.11 bits per heavy atom. The van der Waals surface area contributed by atoms with E-state index in [-0.39, 0.29) is 13.2 Å². The second-order valence-electron chi connectivity index (χ2n) is 5.60. The van der Waals surface area contributed by atoms with Crippen LogP contribution in [0.2, 0.25) is 0 Å². The first-order valence-electron chi connectivity index (χ1n) is 6.45. The largest absolute Gasteiger partial charge is 0.396 e. The summed E-state index contributed by atoms with van der Waals surface area (Å²) >= 11 is 0. The first kappa shape index (κ1) is 15.2. The maximum Gasteiger partial charge on any atom is 0.0519 e. The van der Waals surface area contributed by atoms with E-state index in [9.17, 15) is 10.2 Å². The van der Waals surface area contributed by atoms with Gasteiger partial charge in [-0.3, -0.25) is 0 Å². The molecule has 0 aliphatic carbocycles. The van der Waals surface area contributed by atoms with Crippen molar-refractivity contribution in [1.82, 2.24) is 4.90 Å². The highest BCUT2D eigenvalue weighted by Crippen LogP contribution is 2.15. The Bertz CT molecular complexity index is 344. The SMILES string of the molecule is Cc1ccc(CCN(C)CC(C)(CO)CO)cc1. The van der Waals surface area contributed by atoms with Gasteiger partial charge in [-0.05, 0) is 26.0 Å². The maximum atomic E-state index is 9.26. The van der Waals surface area contributed by atoms with Crippen molar-refractivity contribution in [1.29, 1.82) is 0 Å². The van der Waals surface area contributed by atoms with Crippen LogP contribution in [-0.4, -0.2) is 48.5 Å². The Labute approximate surface area is 110 Å². The molecule has 3 heteroatoms. The van der Waals surface area contributed by atoms with Gasteiger partial charge in [-0.1, -0.05) is 36.8 Å². The summed E-state index contributed by atoms with van der Waals surface area (Å²) in [7, 11) is 2.03. The molecule has 0 aliphatic rings. The van der Waals surface area contributed by atoms with Crippen molar-refractivity contribution in [2.75, 3.05) is 33.4 Å². The highest BCUT2D eigenvalue weighted by Gasteiger charge is 2.23. The van der Waals surface area contributed by atoms with Gasteiger partial charge < -0.3 is 15.1 Å². The minimum atomic E-state index is -0.415. The molecular weight excluding hydrogens is 226 g/mol. The quantitative estimate of drug-likeness (QED) is 0.771. The molecule has 0 saturated heterocycles. The molecule has 0 spiro atoms. The van der Waals surface area contributed by atoms with E-state index in [0.29, 0.717) is 6.54 Å². The lowest BCUT2D eigenvalue weighted by atomic mass is 9.92. The van der Waals surface area contributed by atoms with Crippen molar-refractivity contribution in [2.45, 2.75) is 20.3 Å². The van der Waals surface area contributed by atoms with E-state index >= 15 is 0 Å². The van der Waals surface area contributed by atoms with Crippen molar-refractivity contribution in [3.63, 3.8) is 0 Å². The standard InChI is InChI=1S/C15H25NO2/c1-13-4-6-14(7-5-13)8-9-16(3)10-15(2,11-17)12-18/h4-7,17-18H,8-12H2,1-3H3. The average Bonchev–Trinajstić information content (AvgIpc) is 2.38. The third kappa shape index (κ3) is 4.77. The zero-order valence-corrected chi connectivity index (χ0v) is 11.7. The van der Waals surface area contributed by atoms with Gasteiger partial charge in [0.1, 0.15) is 0 Å². The lowest BCUT2D eigenvalue weighted by molar-refractivity contribution is 0.0423. The van der Waals surface area contributed by atoms with Crippen LogP contribution in [0, 0.1) is 12.3 Å². The fourth-order valence-corrected chi connectivity index (χ4v) is 1.96. The zero-order chi connectivity index (χ0) is 13.6. The van der Waals surface area contributed by atoms with Gasteiger partial charge in [-0.25, -0.2) is 0 Å². The van der Waals surface area contributed by atoms with Gasteiger partial charge in [0.05, 0.1) is 13.2 Å². The van der Waals surface area contributed by atoms with Gasteiger partial charge in [0.2, 0.25) is 0 Å². The fourth-order valence-electron chi connectivity index (χ4n) is 1.96. The predicted molar refractivity (Wildman–Crippen MR) is 74.7 cm³/mol. The first-order chi connectivity index (χ1) is 8.49. The van der Waals surface area contributed by atoms with Gasteiger partial charge >= 0.3 is 0 Å². The minimum Gasteiger partial charge on any atom is -0.396 e. The minimum absolute atomic E-state index is 0.0123. The van der Waals surface area contributed by atoms with Crippen LogP contribution in [0.1, 0.15) is 18.1 Å². The normalized spacial score (nSPS) is 12.1. The summed E-state index contributed by atoms with van der Waals surface area (Å²) in [5.41, 5.74) is 2.18. The Kier molecular flexibility index (Phi) is 5.79. The van der Waals surface area contributed by atoms with Crippen LogP contribution < -0.4 is 0 Å². The van der Waals surface area contributed by atoms with Gasteiger partial charge in [0, 0.05) is 18.5 Å². The first-order valence-corrected chi connectivity index (χ1v) is 6.45. The molecular formula is C15H25NO2. The van der Waals surface area contributed by atoms with E-state index in [1.807, 2.05) is 14.0 Å². The van der Waals surface area contributed by atoms with Crippen molar-refractivity contribution in [3.8, 4) is 0 Å². The molecule has 3 nitrogen and oxygen atoms in total. The number of aliphatic hydroxyl groups is 2. The van der Waals surface area contributed by atoms with Crippen LogP contribution >= 0.6 is 0 Å². The molecule has 0 bridgehead atoms. The molecule has 0 atom stereocenters. The molecule has 0 saturated carbocycles. The summed E-state index contributed by atoms with van der Waals surface area (Å²) in [5, 5.41) is 18.5. The summed E-state index contributed by atoms with van der Waals surface area (Å²) in [6.07, 6.45) is 0.990. The van der Waals surface area contributed by atoms with Crippen molar-refractivity contribution in [2.24, 2.45) is 5.41 Å². The molecule has 0 heterocycles. The highest BCUT2D eigenvalue weighted by molar-refractivity contribution is 5.21. The molecule has 102 valence electrons. The summed E-state index contributed by atoms with van der Waals surface area (Å²) in [4.78, 5) is 2.16. The molecule has 2 N–H and O–H groups in total. The molecule has 1 aromatic carbocycles. The van der Waals surface area contributed by atoms with Crippen LogP contribution in [0.3, 0.4) is 0 Å². The van der Waals surface area contributed by atoms with Crippen molar-refractivity contribution in [3.05, 3.63) is 35.4 Å². The third-order valence-corrected chi connectivity index (χ3v) is 3.32. The topological polar surface area (TPSA) is 43.7 Å². The second-order valence-corrected chi connectivity index (χ2v) is 5.60. The van der Waals surface area contributed by atoms with E-state index < -0.39 is 5.41 Å². The summed E-state index contributed by atoms with van der Waals surface area (Å²) in [6, 6.07) is 8.56. The molecule has 1 aromatic rings. The zero-order valence-electron chi connectivity index (χ0n) is 11.7. The number of aliphatic hydroxyl groups excluding tert-OH is 2. The van der Waals surface area contributed by atoms with Gasteiger partial charge in [-0.2, -0.15) is 0 Å². The number of hydrogen-bond acceptors (Lipinski definition) is 3. The van der Waals surface area contributed by atoms with Crippen molar-refractivity contribution < 1.29 is 10.2 Å².